The van der Waals surface area contributed by atoms with E-state index in [9.17, 15) is 15.0 Å². The lowest BCUT2D eigenvalue weighted by molar-refractivity contribution is -0.880. The highest BCUT2D eigenvalue weighted by molar-refractivity contribution is 5.76. The summed E-state index contributed by atoms with van der Waals surface area (Å²) in [5.41, 5.74) is 0. The molecule has 2 atom stereocenters. The number of amides is 1. The van der Waals surface area contributed by atoms with Crippen LogP contribution in [0.2, 0.25) is 0 Å². The van der Waals surface area contributed by atoms with Gasteiger partial charge in [-0.3, -0.25) is 4.79 Å². The lowest BCUT2D eigenvalue weighted by atomic mass is 10.1. The Bertz CT molecular complexity index is 474. The molecule has 1 amide bonds. The highest BCUT2D eigenvalue weighted by Crippen LogP contribution is 2.14. The Kier molecular flexibility index (Phi) is 21.1. The molecule has 204 valence electrons. The molecule has 0 aromatic carbocycles. The van der Waals surface area contributed by atoms with E-state index < -0.39 is 5.79 Å². The van der Waals surface area contributed by atoms with E-state index in [-0.39, 0.29) is 25.2 Å². The van der Waals surface area contributed by atoms with Crippen molar-refractivity contribution < 1.29 is 24.8 Å². The Morgan fingerprint density at radius 1 is 0.706 bits per heavy atom. The zero-order valence-corrected chi connectivity index (χ0v) is 23.6. The van der Waals surface area contributed by atoms with Gasteiger partial charge in [-0.15, -0.1) is 0 Å². The van der Waals surface area contributed by atoms with Crippen molar-refractivity contribution >= 4 is 5.91 Å². The van der Waals surface area contributed by atoms with Gasteiger partial charge in [-0.2, -0.15) is 0 Å². The Labute approximate surface area is 212 Å². The van der Waals surface area contributed by atoms with Crippen molar-refractivity contribution in [3.8, 4) is 0 Å². The van der Waals surface area contributed by atoms with Crippen LogP contribution in [-0.4, -0.2) is 80.2 Å². The van der Waals surface area contributed by atoms with E-state index in [2.05, 4.69) is 27.9 Å². The summed E-state index contributed by atoms with van der Waals surface area (Å²) in [4.78, 5) is 17.8. The molecule has 0 aromatic rings. The van der Waals surface area contributed by atoms with Crippen LogP contribution in [0.4, 0.5) is 0 Å². The summed E-state index contributed by atoms with van der Waals surface area (Å²) in [6.45, 7) is 12.2. The molecule has 0 spiro atoms. The minimum atomic E-state index is -1.73. The average Bonchev–Trinajstić information content (AvgIpc) is 2.82. The van der Waals surface area contributed by atoms with Gasteiger partial charge in [-0.25, -0.2) is 0 Å². The molecule has 6 heteroatoms. The zero-order chi connectivity index (χ0) is 25.7. The van der Waals surface area contributed by atoms with Crippen LogP contribution in [0.25, 0.3) is 0 Å². The third-order valence-corrected chi connectivity index (χ3v) is 7.28. The molecule has 0 saturated carbocycles. The maximum Gasteiger partial charge on any atom is 0.222 e. The quantitative estimate of drug-likeness (QED) is 0.125. The van der Waals surface area contributed by atoms with E-state index in [1.54, 1.807) is 11.8 Å². The fourth-order valence-corrected chi connectivity index (χ4v) is 4.36. The first-order valence-electron chi connectivity index (χ1n) is 14.6. The van der Waals surface area contributed by atoms with Crippen molar-refractivity contribution in [2.75, 3.05) is 53.4 Å². The summed E-state index contributed by atoms with van der Waals surface area (Å²) in [6, 6.07) is 0. The van der Waals surface area contributed by atoms with E-state index in [0.29, 0.717) is 0 Å². The van der Waals surface area contributed by atoms with Crippen LogP contribution in [0.3, 0.4) is 0 Å². The molecule has 4 N–H and O–H groups in total. The molecular weight excluding hydrogens is 426 g/mol. The Balaban J connectivity index is 4.14. The maximum atomic E-state index is 12.8. The van der Waals surface area contributed by atoms with E-state index in [0.717, 1.165) is 45.6 Å². The SMILES string of the molecule is CCCCCCCCCCCC[NH+](C)CCCN(CCC[NH+](C)CC)C(=O)CCC(O)(O)CC. The molecule has 0 rings (SSSR count). The Hall–Kier alpha value is -0.690. The minimum absolute atomic E-state index is 0.0578. The van der Waals surface area contributed by atoms with Gasteiger partial charge in [-0.05, 0) is 26.2 Å². The summed E-state index contributed by atoms with van der Waals surface area (Å²) >= 11 is 0. The van der Waals surface area contributed by atoms with E-state index in [1.807, 2.05) is 4.90 Å². The molecule has 0 aliphatic carbocycles. The zero-order valence-electron chi connectivity index (χ0n) is 23.6. The number of quaternary nitrogens is 2. The van der Waals surface area contributed by atoms with Crippen LogP contribution in [0.1, 0.15) is 117 Å². The summed E-state index contributed by atoms with van der Waals surface area (Å²) in [7, 11) is 4.46. The van der Waals surface area contributed by atoms with Gasteiger partial charge in [0.15, 0.2) is 5.79 Å². The average molecular weight is 488 g/mol. The number of carbonyl (C=O) groups excluding carboxylic acids is 1. The fraction of sp³-hybridized carbons (Fsp3) is 0.964. The van der Waals surface area contributed by atoms with Crippen molar-refractivity contribution in [3.05, 3.63) is 0 Å². The van der Waals surface area contributed by atoms with Crippen LogP contribution in [0.5, 0.6) is 0 Å². The molecule has 0 heterocycles. The number of unbranched alkanes of at least 4 members (excludes halogenated alkanes) is 9. The van der Waals surface area contributed by atoms with Crippen LogP contribution in [0.15, 0.2) is 0 Å². The maximum absolute atomic E-state index is 12.8. The number of nitrogens with one attached hydrogen (secondary N) is 2. The second kappa shape index (κ2) is 21.6. The van der Waals surface area contributed by atoms with Gasteiger partial charge < -0.3 is 24.9 Å². The predicted molar refractivity (Wildman–Crippen MR) is 143 cm³/mol. The van der Waals surface area contributed by atoms with Crippen LogP contribution < -0.4 is 9.80 Å². The molecule has 0 aromatic heterocycles. The number of carbonyl (C=O) groups is 1. The number of hydrogen-bond donors (Lipinski definition) is 4. The second-order valence-electron chi connectivity index (χ2n) is 10.6. The molecular formula is C28H61N3O3+2. The molecule has 0 saturated heterocycles. The number of aliphatic hydroxyl groups is 2. The Morgan fingerprint density at radius 2 is 1.18 bits per heavy atom. The van der Waals surface area contributed by atoms with Gasteiger partial charge in [0.25, 0.3) is 0 Å². The predicted octanol–water partition coefficient (Wildman–Crippen LogP) is 2.44. The topological polar surface area (TPSA) is 69.7 Å². The van der Waals surface area contributed by atoms with Crippen molar-refractivity contribution in [1.82, 2.24) is 4.90 Å². The van der Waals surface area contributed by atoms with E-state index in [1.165, 1.54) is 75.7 Å². The molecule has 6 nitrogen and oxygen atoms in total. The van der Waals surface area contributed by atoms with Crippen molar-refractivity contribution in [3.63, 3.8) is 0 Å². The molecule has 0 aliphatic rings. The van der Waals surface area contributed by atoms with Gasteiger partial charge in [0, 0.05) is 38.8 Å². The first-order chi connectivity index (χ1) is 16.3. The smallest absolute Gasteiger partial charge is 0.222 e. The fourth-order valence-electron chi connectivity index (χ4n) is 4.36. The lowest BCUT2D eigenvalue weighted by Gasteiger charge is -2.26. The van der Waals surface area contributed by atoms with E-state index in [4.69, 9.17) is 0 Å². The molecule has 0 fully saturated rings. The second-order valence-corrected chi connectivity index (χ2v) is 10.6. The minimum Gasteiger partial charge on any atom is -0.366 e. The van der Waals surface area contributed by atoms with Crippen LogP contribution in [-0.2, 0) is 4.79 Å². The van der Waals surface area contributed by atoms with Crippen molar-refractivity contribution in [2.45, 2.75) is 123 Å². The summed E-state index contributed by atoms with van der Waals surface area (Å²) in [5.74, 6) is -1.67. The van der Waals surface area contributed by atoms with Crippen LogP contribution in [0, 0.1) is 0 Å². The summed E-state index contributed by atoms with van der Waals surface area (Å²) in [5, 5.41) is 19.7. The molecule has 0 bridgehead atoms. The standard InChI is InChI=1S/C28H59N3O3/c1-6-9-10-11-12-13-14-15-16-17-22-30(5)24-19-26-31(25-18-23-29(4)8-3)27(32)20-21-28(33,34)7-2/h33-34H,6-26H2,1-5H3/p+2. The molecule has 0 aliphatic heterocycles. The van der Waals surface area contributed by atoms with Gasteiger partial charge in [0.2, 0.25) is 5.91 Å². The highest BCUT2D eigenvalue weighted by Gasteiger charge is 2.23. The first-order valence-corrected chi connectivity index (χ1v) is 14.6. The van der Waals surface area contributed by atoms with E-state index >= 15 is 0 Å². The number of hydrogen-bond acceptors (Lipinski definition) is 3. The van der Waals surface area contributed by atoms with Gasteiger partial charge in [0.05, 0.1) is 40.3 Å². The van der Waals surface area contributed by atoms with Crippen molar-refractivity contribution in [1.29, 1.82) is 0 Å². The third-order valence-electron chi connectivity index (χ3n) is 7.28. The first kappa shape index (κ1) is 33.3. The third kappa shape index (κ3) is 19.6. The largest absolute Gasteiger partial charge is 0.366 e. The molecule has 0 radical (unpaired) electrons. The lowest BCUT2D eigenvalue weighted by Crippen LogP contribution is -3.09. The highest BCUT2D eigenvalue weighted by atomic mass is 16.5. The van der Waals surface area contributed by atoms with Crippen LogP contribution >= 0.6 is 0 Å². The Morgan fingerprint density at radius 3 is 1.68 bits per heavy atom. The summed E-state index contributed by atoms with van der Waals surface area (Å²) < 4.78 is 0. The molecule has 2 unspecified atom stereocenters. The van der Waals surface area contributed by atoms with Gasteiger partial charge in [0.1, 0.15) is 0 Å². The molecule has 34 heavy (non-hydrogen) atoms. The van der Waals surface area contributed by atoms with Crippen molar-refractivity contribution in [2.24, 2.45) is 0 Å². The monoisotopic (exact) mass is 487 g/mol. The number of nitrogens with zero attached hydrogens (tertiary/aromatic N) is 1. The van der Waals surface area contributed by atoms with Gasteiger partial charge >= 0.3 is 0 Å². The summed E-state index contributed by atoms with van der Waals surface area (Å²) in [6.07, 6.45) is 16.3. The van der Waals surface area contributed by atoms with Gasteiger partial charge in [-0.1, -0.05) is 65.2 Å². The normalized spacial score (nSPS) is 13.7. The number of rotatable bonds is 24.